The van der Waals surface area contributed by atoms with Crippen molar-refractivity contribution >= 4 is 5.97 Å². The summed E-state index contributed by atoms with van der Waals surface area (Å²) >= 11 is 0. The number of carboxylic acids is 1. The zero-order valence-electron chi connectivity index (χ0n) is 8.06. The molecule has 0 radical (unpaired) electrons. The maximum absolute atomic E-state index is 10.6. The van der Waals surface area contributed by atoms with E-state index in [1.807, 2.05) is 0 Å². The van der Waals surface area contributed by atoms with Crippen molar-refractivity contribution in [3.8, 4) is 6.07 Å². The first-order valence-electron chi connectivity index (χ1n) is 4.09. The highest BCUT2D eigenvalue weighted by Gasteiger charge is 2.38. The van der Waals surface area contributed by atoms with E-state index in [0.29, 0.717) is 11.8 Å². The molecule has 2 N–H and O–H groups in total. The van der Waals surface area contributed by atoms with Gasteiger partial charge in [-0.1, -0.05) is 6.92 Å². The average molecular weight is 224 g/mol. The lowest BCUT2D eigenvalue weighted by molar-refractivity contribution is -0.192. The maximum atomic E-state index is 10.6. The lowest BCUT2D eigenvalue weighted by Gasteiger charge is -2.37. The molecule has 0 bridgehead atoms. The first-order chi connectivity index (χ1) is 6.71. The second kappa shape index (κ2) is 4.98. The average Bonchev–Trinajstić information content (AvgIpc) is 2.01. The van der Waals surface area contributed by atoms with Crippen molar-refractivity contribution in [2.45, 2.75) is 19.5 Å². The fourth-order valence-corrected chi connectivity index (χ4v) is 0.868. The van der Waals surface area contributed by atoms with Gasteiger partial charge < -0.3 is 10.4 Å². The fraction of sp³-hybridized carbons (Fsp3) is 0.750. The summed E-state index contributed by atoms with van der Waals surface area (Å²) < 4.78 is 31.7. The molecule has 0 saturated carbocycles. The van der Waals surface area contributed by atoms with E-state index in [1.54, 1.807) is 0 Å². The van der Waals surface area contributed by atoms with Gasteiger partial charge in [0.2, 0.25) is 0 Å². The van der Waals surface area contributed by atoms with Gasteiger partial charge in [0.05, 0.1) is 6.07 Å². The van der Waals surface area contributed by atoms with Gasteiger partial charge in [0.25, 0.3) is 0 Å². The number of aliphatic carboxylic acids is 1. The fourth-order valence-electron chi connectivity index (χ4n) is 0.868. The normalized spacial score (nSPS) is 17.8. The summed E-state index contributed by atoms with van der Waals surface area (Å²) in [6, 6.07) is 2.17. The summed E-state index contributed by atoms with van der Waals surface area (Å²) in [5.41, 5.74) is 0.300. The summed E-state index contributed by atoms with van der Waals surface area (Å²) in [6.45, 7) is 4.16. The molecule has 86 valence electrons. The molecule has 4 nitrogen and oxygen atoms in total. The molecule has 0 amide bonds. The summed E-state index contributed by atoms with van der Waals surface area (Å²) in [4.78, 5) is 8.90. The third-order valence-corrected chi connectivity index (χ3v) is 1.85. The van der Waals surface area contributed by atoms with Crippen LogP contribution in [0.25, 0.3) is 0 Å². The highest BCUT2D eigenvalue weighted by molar-refractivity contribution is 5.73. The molecule has 0 unspecified atom stereocenters. The minimum Gasteiger partial charge on any atom is -0.475 e. The SMILES string of the molecule is CC1(CC#N)CNC1.O=C(O)C(F)(F)F. The van der Waals surface area contributed by atoms with E-state index in [9.17, 15) is 13.2 Å². The lowest BCUT2D eigenvalue weighted by Crippen LogP contribution is -2.51. The third kappa shape index (κ3) is 5.22. The van der Waals surface area contributed by atoms with E-state index in [4.69, 9.17) is 15.2 Å². The van der Waals surface area contributed by atoms with Crippen molar-refractivity contribution in [1.29, 1.82) is 5.26 Å². The predicted molar refractivity (Wildman–Crippen MR) is 44.9 cm³/mol. The molecule has 0 aromatic rings. The molecule has 1 aliphatic heterocycles. The number of hydrogen-bond acceptors (Lipinski definition) is 3. The summed E-state index contributed by atoms with van der Waals surface area (Å²) in [5, 5.41) is 18.5. The Bertz CT molecular complexity index is 266. The van der Waals surface area contributed by atoms with Crippen molar-refractivity contribution in [2.75, 3.05) is 13.1 Å². The molecule has 1 rings (SSSR count). The van der Waals surface area contributed by atoms with Crippen molar-refractivity contribution in [2.24, 2.45) is 5.41 Å². The number of alkyl halides is 3. The Labute approximate surface area is 84.7 Å². The van der Waals surface area contributed by atoms with E-state index in [2.05, 4.69) is 18.3 Å². The van der Waals surface area contributed by atoms with Gasteiger partial charge in [0, 0.05) is 24.9 Å². The van der Waals surface area contributed by atoms with Crippen molar-refractivity contribution in [3.05, 3.63) is 0 Å². The topological polar surface area (TPSA) is 73.1 Å². The molecule has 0 atom stereocenters. The van der Waals surface area contributed by atoms with Crippen molar-refractivity contribution in [1.82, 2.24) is 5.32 Å². The quantitative estimate of drug-likeness (QED) is 0.700. The zero-order valence-corrected chi connectivity index (χ0v) is 8.06. The molecule has 1 saturated heterocycles. The largest absolute Gasteiger partial charge is 0.490 e. The van der Waals surface area contributed by atoms with Crippen LogP contribution in [0.3, 0.4) is 0 Å². The molecule has 0 spiro atoms. The smallest absolute Gasteiger partial charge is 0.475 e. The van der Waals surface area contributed by atoms with Crippen LogP contribution in [0.5, 0.6) is 0 Å². The Morgan fingerprint density at radius 3 is 2.07 bits per heavy atom. The van der Waals surface area contributed by atoms with E-state index < -0.39 is 12.1 Å². The molecule has 0 aromatic heterocycles. The third-order valence-electron chi connectivity index (χ3n) is 1.85. The molecule has 1 aliphatic rings. The number of nitrogens with zero attached hydrogens (tertiary/aromatic N) is 1. The van der Waals surface area contributed by atoms with Gasteiger partial charge in [-0.3, -0.25) is 0 Å². The molecular formula is C8H11F3N2O2. The van der Waals surface area contributed by atoms with Crippen LogP contribution in [0.4, 0.5) is 13.2 Å². The number of carbonyl (C=O) groups is 1. The molecule has 0 aromatic carbocycles. The highest BCUT2D eigenvalue weighted by atomic mass is 19.4. The van der Waals surface area contributed by atoms with Gasteiger partial charge in [-0.05, 0) is 0 Å². The molecule has 1 fully saturated rings. The summed E-state index contributed by atoms with van der Waals surface area (Å²) in [7, 11) is 0. The van der Waals surface area contributed by atoms with Crippen LogP contribution in [0, 0.1) is 16.7 Å². The van der Waals surface area contributed by atoms with E-state index in [0.717, 1.165) is 13.1 Å². The molecule has 1 heterocycles. The monoisotopic (exact) mass is 224 g/mol. The van der Waals surface area contributed by atoms with E-state index in [1.165, 1.54) is 0 Å². The van der Waals surface area contributed by atoms with E-state index >= 15 is 0 Å². The minimum atomic E-state index is -5.08. The predicted octanol–water partition coefficient (Wildman–Crippen LogP) is 1.14. The number of rotatable bonds is 1. The number of halogens is 3. The van der Waals surface area contributed by atoms with Gasteiger partial charge in [-0.2, -0.15) is 18.4 Å². The molecular weight excluding hydrogens is 213 g/mol. The Balaban J connectivity index is 0.000000265. The van der Waals surface area contributed by atoms with E-state index in [-0.39, 0.29) is 0 Å². The summed E-state index contributed by atoms with van der Waals surface area (Å²) in [6.07, 6.45) is -4.39. The molecule has 7 heteroatoms. The van der Waals surface area contributed by atoms with Crippen LogP contribution in [-0.4, -0.2) is 30.3 Å². The number of hydrogen-bond donors (Lipinski definition) is 2. The van der Waals surface area contributed by atoms with Gasteiger partial charge in [-0.15, -0.1) is 0 Å². The Hall–Kier alpha value is -1.29. The van der Waals surface area contributed by atoms with Crippen molar-refractivity contribution in [3.63, 3.8) is 0 Å². The maximum Gasteiger partial charge on any atom is 0.490 e. The lowest BCUT2D eigenvalue weighted by atomic mass is 9.82. The first kappa shape index (κ1) is 13.7. The molecule has 0 aliphatic carbocycles. The van der Waals surface area contributed by atoms with Crippen LogP contribution in [0.1, 0.15) is 13.3 Å². The van der Waals surface area contributed by atoms with Gasteiger partial charge in [0.15, 0.2) is 0 Å². The van der Waals surface area contributed by atoms with Gasteiger partial charge in [0.1, 0.15) is 0 Å². The minimum absolute atomic E-state index is 0.300. The van der Waals surface area contributed by atoms with Crippen LogP contribution in [-0.2, 0) is 4.79 Å². The van der Waals surface area contributed by atoms with Crippen LogP contribution in [0.2, 0.25) is 0 Å². The second-order valence-electron chi connectivity index (χ2n) is 3.55. The number of nitriles is 1. The van der Waals surface area contributed by atoms with Crippen molar-refractivity contribution < 1.29 is 23.1 Å². The zero-order chi connectivity index (χ0) is 12.1. The number of nitrogens with one attached hydrogen (secondary N) is 1. The Morgan fingerprint density at radius 2 is 2.00 bits per heavy atom. The summed E-state index contributed by atoms with van der Waals surface area (Å²) in [5.74, 6) is -2.76. The standard InChI is InChI=1S/C6H10N2.C2HF3O2/c1-6(2-3-7)4-8-5-6;3-2(4,5)1(6)7/h8H,2,4-5H2,1H3;(H,6,7). The van der Waals surface area contributed by atoms with Crippen LogP contribution in [0.15, 0.2) is 0 Å². The Kier molecular flexibility index (Phi) is 4.55. The highest BCUT2D eigenvalue weighted by Crippen LogP contribution is 2.24. The Morgan fingerprint density at radius 1 is 1.60 bits per heavy atom. The van der Waals surface area contributed by atoms with Gasteiger partial charge in [-0.25, -0.2) is 4.79 Å². The van der Waals surface area contributed by atoms with Crippen LogP contribution >= 0.6 is 0 Å². The van der Waals surface area contributed by atoms with Crippen LogP contribution < -0.4 is 5.32 Å². The first-order valence-corrected chi connectivity index (χ1v) is 4.09. The second-order valence-corrected chi connectivity index (χ2v) is 3.55. The van der Waals surface area contributed by atoms with Gasteiger partial charge >= 0.3 is 12.1 Å². The number of carboxylic acid groups (broad SMARTS) is 1. The molecule has 15 heavy (non-hydrogen) atoms.